The van der Waals surface area contributed by atoms with E-state index in [2.05, 4.69) is 27.0 Å². The van der Waals surface area contributed by atoms with E-state index in [9.17, 15) is 0 Å². The van der Waals surface area contributed by atoms with Gasteiger partial charge in [-0.3, -0.25) is 0 Å². The third kappa shape index (κ3) is 6.03. The van der Waals surface area contributed by atoms with Crippen LogP contribution in [0.25, 0.3) is 10.6 Å². The summed E-state index contributed by atoms with van der Waals surface area (Å²) in [6.45, 7) is 9.24. The molecule has 4 N–H and O–H groups in total. The van der Waals surface area contributed by atoms with Gasteiger partial charge < -0.3 is 21.1 Å². The summed E-state index contributed by atoms with van der Waals surface area (Å²) in [6.07, 6.45) is 5.06. The Morgan fingerprint density at radius 1 is 1.23 bits per heavy atom. The van der Waals surface area contributed by atoms with E-state index in [1.165, 1.54) is 25.8 Å². The third-order valence-corrected chi connectivity index (χ3v) is 6.66. The highest BCUT2D eigenvalue weighted by Gasteiger charge is 2.17. The summed E-state index contributed by atoms with van der Waals surface area (Å²) < 4.78 is 5.94. The van der Waals surface area contributed by atoms with Crippen LogP contribution in [0.5, 0.6) is 5.75 Å². The molecule has 0 saturated carbocycles. The van der Waals surface area contributed by atoms with E-state index in [4.69, 9.17) is 16.2 Å². The predicted octanol–water partition coefficient (Wildman–Crippen LogP) is 3.76. The normalized spacial score (nSPS) is 17.7. The van der Waals surface area contributed by atoms with Crippen molar-refractivity contribution in [2.75, 3.05) is 19.7 Å². The van der Waals surface area contributed by atoms with Crippen molar-refractivity contribution in [2.45, 2.75) is 52.5 Å². The number of piperidine rings is 1. The number of aromatic nitrogens is 1. The summed E-state index contributed by atoms with van der Waals surface area (Å²) in [6, 6.07) is 8.82. The Bertz CT molecular complexity index is 886. The molecule has 0 bridgehead atoms. The lowest BCUT2D eigenvalue weighted by molar-refractivity contribution is 0.148. The van der Waals surface area contributed by atoms with E-state index in [1.807, 2.05) is 38.1 Å². The van der Waals surface area contributed by atoms with Gasteiger partial charge in [0.15, 0.2) is 0 Å². The number of thiazole rings is 1. The van der Waals surface area contributed by atoms with Crippen LogP contribution in [0.3, 0.4) is 0 Å². The number of guanidine groups is 1. The fraction of sp³-hybridized carbons (Fsp3) is 0.500. The minimum absolute atomic E-state index is 0.0576. The van der Waals surface area contributed by atoms with Crippen molar-refractivity contribution in [1.82, 2.24) is 9.88 Å². The van der Waals surface area contributed by atoms with E-state index < -0.39 is 0 Å². The van der Waals surface area contributed by atoms with Crippen LogP contribution in [0.1, 0.15) is 50.1 Å². The van der Waals surface area contributed by atoms with Crippen molar-refractivity contribution in [2.24, 2.45) is 21.7 Å². The summed E-state index contributed by atoms with van der Waals surface area (Å²) in [4.78, 5) is 8.23. The molecular formula is C22H32N6OS. The monoisotopic (exact) mass is 428 g/mol. The maximum atomic E-state index is 5.94. The van der Waals surface area contributed by atoms with Gasteiger partial charge in [-0.25, -0.2) is 4.98 Å². The van der Waals surface area contributed by atoms with Gasteiger partial charge in [-0.2, -0.15) is 5.10 Å². The summed E-state index contributed by atoms with van der Waals surface area (Å²) in [5, 5.41) is 8.72. The van der Waals surface area contributed by atoms with E-state index >= 15 is 0 Å². The van der Waals surface area contributed by atoms with Crippen molar-refractivity contribution in [1.29, 1.82) is 0 Å². The highest BCUT2D eigenvalue weighted by Crippen LogP contribution is 2.29. The number of nitrogens with two attached hydrogens (primary N) is 2. The van der Waals surface area contributed by atoms with Gasteiger partial charge in [0.25, 0.3) is 0 Å². The highest BCUT2D eigenvalue weighted by molar-refractivity contribution is 7.17. The molecule has 7 nitrogen and oxygen atoms in total. The maximum absolute atomic E-state index is 5.94. The van der Waals surface area contributed by atoms with Gasteiger partial charge in [0.05, 0.1) is 22.9 Å². The lowest BCUT2D eigenvalue weighted by atomic mass is 10.0. The largest absolute Gasteiger partial charge is 0.494 e. The first-order valence-corrected chi connectivity index (χ1v) is 11.3. The van der Waals surface area contributed by atoms with Crippen LogP contribution >= 0.6 is 11.3 Å². The summed E-state index contributed by atoms with van der Waals surface area (Å²) in [5.74, 6) is 0.835. The molecule has 30 heavy (non-hydrogen) atoms. The molecular weight excluding hydrogens is 396 g/mol. The van der Waals surface area contributed by atoms with Crippen molar-refractivity contribution in [3.05, 3.63) is 34.8 Å². The van der Waals surface area contributed by atoms with E-state index in [0.717, 1.165) is 52.2 Å². The molecule has 1 aromatic heterocycles. The van der Waals surface area contributed by atoms with Crippen molar-refractivity contribution >= 4 is 23.0 Å². The van der Waals surface area contributed by atoms with E-state index in [-0.39, 0.29) is 5.96 Å². The molecule has 1 unspecified atom stereocenters. The van der Waals surface area contributed by atoms with Gasteiger partial charge in [0.1, 0.15) is 10.8 Å². The second-order valence-electron chi connectivity index (χ2n) is 7.75. The first-order chi connectivity index (χ1) is 14.4. The van der Waals surface area contributed by atoms with E-state index in [1.54, 1.807) is 11.3 Å². The maximum Gasteiger partial charge on any atom is 0.211 e. The number of nitrogens with zero attached hydrogens (tertiary/aromatic N) is 4. The second-order valence-corrected chi connectivity index (χ2v) is 8.75. The van der Waals surface area contributed by atoms with Gasteiger partial charge >= 0.3 is 0 Å². The average Bonchev–Trinajstić information content (AvgIpc) is 3.13. The minimum Gasteiger partial charge on any atom is -0.494 e. The number of hydrogen-bond acceptors (Lipinski definition) is 6. The van der Waals surface area contributed by atoms with Crippen molar-refractivity contribution in [3.63, 3.8) is 0 Å². The molecule has 1 aliphatic rings. The molecule has 0 aliphatic carbocycles. The first kappa shape index (κ1) is 22.2. The molecule has 1 saturated heterocycles. The smallest absolute Gasteiger partial charge is 0.211 e. The van der Waals surface area contributed by atoms with Gasteiger partial charge in [-0.1, -0.05) is 6.42 Å². The van der Waals surface area contributed by atoms with Crippen LogP contribution in [0.4, 0.5) is 0 Å². The summed E-state index contributed by atoms with van der Waals surface area (Å²) in [7, 11) is 0. The molecule has 8 heteroatoms. The Morgan fingerprint density at radius 3 is 2.70 bits per heavy atom. The standard InChI is InChI=1S/C22H32N6OS/c1-15-7-4-5-12-28(15)13-6-14-29-19-10-8-18(9-11-19)21-25-16(2)20(30-21)17(3)26-27-22(23)24/h8-11,15H,4-7,12-14H2,1-3H3,(H4,23,24,27)/b26-17+. The molecule has 0 amide bonds. The van der Waals surface area contributed by atoms with Gasteiger partial charge in [0, 0.05) is 18.2 Å². The van der Waals surface area contributed by atoms with Crippen LogP contribution in [-0.4, -0.2) is 47.3 Å². The lowest BCUT2D eigenvalue weighted by Gasteiger charge is -2.33. The Labute approximate surface area is 182 Å². The van der Waals surface area contributed by atoms with Crippen LogP contribution in [-0.2, 0) is 0 Å². The first-order valence-electron chi connectivity index (χ1n) is 10.5. The van der Waals surface area contributed by atoms with Gasteiger partial charge in [-0.05, 0) is 70.8 Å². The topological polar surface area (TPSA) is 102 Å². The molecule has 1 aliphatic heterocycles. The highest BCUT2D eigenvalue weighted by atomic mass is 32.1. The van der Waals surface area contributed by atoms with Crippen LogP contribution in [0.15, 0.2) is 34.5 Å². The predicted molar refractivity (Wildman–Crippen MR) is 125 cm³/mol. The lowest BCUT2D eigenvalue weighted by Crippen LogP contribution is -2.38. The molecule has 3 rings (SSSR count). The zero-order valence-corrected chi connectivity index (χ0v) is 18.9. The zero-order chi connectivity index (χ0) is 21.5. The van der Waals surface area contributed by atoms with Crippen LogP contribution in [0, 0.1) is 6.92 Å². The number of aryl methyl sites for hydroxylation is 1. The minimum atomic E-state index is -0.0576. The van der Waals surface area contributed by atoms with Crippen molar-refractivity contribution in [3.8, 4) is 16.3 Å². The summed E-state index contributed by atoms with van der Waals surface area (Å²) >= 11 is 1.58. The Balaban J connectivity index is 1.55. The Kier molecular flexibility index (Phi) is 7.81. The average molecular weight is 429 g/mol. The Morgan fingerprint density at radius 2 is 2.00 bits per heavy atom. The number of benzene rings is 1. The number of ether oxygens (including phenoxy) is 1. The SMILES string of the molecule is C/C(=N\N=C(N)N)c1sc(-c2ccc(OCCCN3CCCCC3C)cc2)nc1C. The number of likely N-dealkylation sites (tertiary alicyclic amines) is 1. The van der Waals surface area contributed by atoms with Gasteiger partial charge in [0.2, 0.25) is 5.96 Å². The summed E-state index contributed by atoms with van der Waals surface area (Å²) in [5.41, 5.74) is 13.4. The van der Waals surface area contributed by atoms with E-state index in [0.29, 0.717) is 6.04 Å². The molecule has 2 heterocycles. The van der Waals surface area contributed by atoms with Gasteiger partial charge in [-0.15, -0.1) is 16.4 Å². The number of hydrogen-bond donors (Lipinski definition) is 2. The second kappa shape index (κ2) is 10.5. The van der Waals surface area contributed by atoms with Crippen LogP contribution < -0.4 is 16.2 Å². The fourth-order valence-corrected chi connectivity index (χ4v) is 4.69. The molecule has 1 aromatic carbocycles. The third-order valence-electron chi connectivity index (χ3n) is 5.34. The molecule has 0 spiro atoms. The molecule has 1 atom stereocenters. The van der Waals surface area contributed by atoms with Crippen LogP contribution in [0.2, 0.25) is 0 Å². The molecule has 162 valence electrons. The fourth-order valence-electron chi connectivity index (χ4n) is 3.67. The number of rotatable bonds is 8. The quantitative estimate of drug-likeness (QED) is 0.288. The molecule has 1 fully saturated rings. The zero-order valence-electron chi connectivity index (χ0n) is 18.1. The molecule has 0 radical (unpaired) electrons. The molecule has 2 aromatic rings. The Hall–Kier alpha value is -2.45. The van der Waals surface area contributed by atoms with Crippen molar-refractivity contribution < 1.29 is 4.74 Å².